The lowest BCUT2D eigenvalue weighted by Crippen LogP contribution is -2.12. The fraction of sp³-hybridized carbons (Fsp3) is 0. The number of fused-ring (bicyclic) bond motifs is 1. The van der Waals surface area contributed by atoms with Crippen LogP contribution in [0.4, 0.5) is 5.69 Å². The normalized spacial score (nSPS) is 11.5. The fourth-order valence-corrected chi connectivity index (χ4v) is 4.83. The van der Waals surface area contributed by atoms with E-state index < -0.39 is 20.7 Å². The van der Waals surface area contributed by atoms with Gasteiger partial charge in [-0.05, 0) is 24.3 Å². The molecular weight excluding hydrogens is 428 g/mol. The molecule has 0 bridgehead atoms. The minimum Gasteiger partial charge on any atom is -0.288 e. The molecule has 30 heavy (non-hydrogen) atoms. The van der Waals surface area contributed by atoms with Gasteiger partial charge in [-0.2, -0.15) is 0 Å². The maximum atomic E-state index is 13.2. The molecule has 0 spiro atoms. The van der Waals surface area contributed by atoms with Crippen molar-refractivity contribution in [3.05, 3.63) is 105 Å². The van der Waals surface area contributed by atoms with Gasteiger partial charge in [0.15, 0.2) is 5.78 Å². The van der Waals surface area contributed by atoms with Crippen LogP contribution in [0.5, 0.6) is 0 Å². The zero-order valence-corrected chi connectivity index (χ0v) is 16.8. The highest BCUT2D eigenvalue weighted by atomic mass is 35.5. The zero-order valence-electron chi connectivity index (χ0n) is 15.2. The SMILES string of the molecule is O=C(c1ccc([N+](=O)[O-])cc1Cl)c1cn(S(=O)(=O)c2ccccc2)c2ccccc12. The molecule has 0 saturated heterocycles. The van der Waals surface area contributed by atoms with Gasteiger partial charge in [0.25, 0.3) is 15.7 Å². The average Bonchev–Trinajstić information content (AvgIpc) is 3.14. The van der Waals surface area contributed by atoms with Crippen LogP contribution in [0.1, 0.15) is 15.9 Å². The minimum absolute atomic E-state index is 0.0438. The summed E-state index contributed by atoms with van der Waals surface area (Å²) in [6.45, 7) is 0. The van der Waals surface area contributed by atoms with E-state index in [1.807, 2.05) is 0 Å². The number of para-hydroxylation sites is 1. The topological polar surface area (TPSA) is 99.3 Å². The van der Waals surface area contributed by atoms with E-state index in [1.54, 1.807) is 42.5 Å². The second kappa shape index (κ2) is 7.40. The van der Waals surface area contributed by atoms with Crippen LogP contribution in [0, 0.1) is 10.1 Å². The lowest BCUT2D eigenvalue weighted by Gasteiger charge is -2.07. The van der Waals surface area contributed by atoms with Crippen molar-refractivity contribution in [3.63, 3.8) is 0 Å². The number of halogens is 1. The highest BCUT2D eigenvalue weighted by Gasteiger charge is 2.25. The maximum absolute atomic E-state index is 13.2. The van der Waals surface area contributed by atoms with Crippen molar-refractivity contribution in [2.24, 2.45) is 0 Å². The number of benzene rings is 3. The van der Waals surface area contributed by atoms with Gasteiger partial charge in [-0.25, -0.2) is 12.4 Å². The number of non-ortho nitro benzene ring substituents is 1. The Balaban J connectivity index is 1.90. The van der Waals surface area contributed by atoms with E-state index in [9.17, 15) is 23.3 Å². The molecule has 0 atom stereocenters. The summed E-state index contributed by atoms with van der Waals surface area (Å²) < 4.78 is 27.4. The van der Waals surface area contributed by atoms with Crippen LogP contribution in [0.2, 0.25) is 5.02 Å². The number of hydrogen-bond donors (Lipinski definition) is 0. The van der Waals surface area contributed by atoms with Crippen molar-refractivity contribution in [1.29, 1.82) is 0 Å². The van der Waals surface area contributed by atoms with Crippen molar-refractivity contribution < 1.29 is 18.1 Å². The summed E-state index contributed by atoms with van der Waals surface area (Å²) in [6.07, 6.45) is 1.26. The highest BCUT2D eigenvalue weighted by molar-refractivity contribution is 7.90. The minimum atomic E-state index is -3.95. The van der Waals surface area contributed by atoms with Gasteiger partial charge in [-0.1, -0.05) is 48.0 Å². The molecule has 1 aromatic heterocycles. The molecule has 0 amide bonds. The molecule has 0 radical (unpaired) electrons. The molecule has 1 heterocycles. The van der Waals surface area contributed by atoms with Gasteiger partial charge >= 0.3 is 0 Å². The van der Waals surface area contributed by atoms with Gasteiger partial charge in [-0.3, -0.25) is 14.9 Å². The van der Waals surface area contributed by atoms with E-state index in [2.05, 4.69) is 0 Å². The Morgan fingerprint density at radius 3 is 2.27 bits per heavy atom. The van der Waals surface area contributed by atoms with Gasteiger partial charge < -0.3 is 0 Å². The summed E-state index contributed by atoms with van der Waals surface area (Å²) >= 11 is 6.11. The molecule has 0 fully saturated rings. The Morgan fingerprint density at radius 2 is 1.60 bits per heavy atom. The first-order chi connectivity index (χ1) is 14.3. The van der Waals surface area contributed by atoms with Gasteiger partial charge in [-0.15, -0.1) is 0 Å². The van der Waals surface area contributed by atoms with E-state index in [1.165, 1.54) is 30.5 Å². The maximum Gasteiger partial charge on any atom is 0.270 e. The van der Waals surface area contributed by atoms with Gasteiger partial charge in [0.1, 0.15) is 0 Å². The Bertz CT molecular complexity index is 1410. The average molecular weight is 441 g/mol. The fourth-order valence-electron chi connectivity index (χ4n) is 3.18. The second-order valence-electron chi connectivity index (χ2n) is 6.42. The van der Waals surface area contributed by atoms with E-state index in [-0.39, 0.29) is 26.7 Å². The van der Waals surface area contributed by atoms with E-state index in [0.717, 1.165) is 10.0 Å². The number of aromatic nitrogens is 1. The molecule has 0 saturated carbocycles. The Kier molecular flexibility index (Phi) is 4.89. The van der Waals surface area contributed by atoms with Crippen molar-refractivity contribution in [2.45, 2.75) is 4.90 Å². The number of rotatable bonds is 5. The summed E-state index contributed by atoms with van der Waals surface area (Å²) in [5.41, 5.74) is 0.261. The van der Waals surface area contributed by atoms with Crippen LogP contribution in [-0.4, -0.2) is 23.1 Å². The van der Waals surface area contributed by atoms with Crippen LogP contribution in [0.15, 0.2) is 83.9 Å². The van der Waals surface area contributed by atoms with Crippen LogP contribution < -0.4 is 0 Å². The monoisotopic (exact) mass is 440 g/mol. The quantitative estimate of drug-likeness (QED) is 0.255. The number of carbonyl (C=O) groups is 1. The highest BCUT2D eigenvalue weighted by Crippen LogP contribution is 2.30. The van der Waals surface area contributed by atoms with Gasteiger partial charge in [0.05, 0.1) is 20.4 Å². The van der Waals surface area contributed by atoms with Crippen molar-refractivity contribution in [3.8, 4) is 0 Å². The number of carbonyl (C=O) groups excluding carboxylic acids is 1. The molecule has 0 N–H and O–H groups in total. The number of ketones is 1. The van der Waals surface area contributed by atoms with E-state index in [0.29, 0.717) is 10.9 Å². The lowest BCUT2D eigenvalue weighted by atomic mass is 10.0. The molecule has 0 aliphatic rings. The van der Waals surface area contributed by atoms with Crippen LogP contribution in [0.3, 0.4) is 0 Å². The van der Waals surface area contributed by atoms with Crippen LogP contribution >= 0.6 is 11.6 Å². The van der Waals surface area contributed by atoms with E-state index in [4.69, 9.17) is 11.6 Å². The van der Waals surface area contributed by atoms with Gasteiger partial charge in [0.2, 0.25) is 0 Å². The Hall–Kier alpha value is -3.49. The molecule has 7 nitrogen and oxygen atoms in total. The predicted octanol–water partition coefficient (Wildman–Crippen LogP) is 4.67. The van der Waals surface area contributed by atoms with E-state index >= 15 is 0 Å². The van der Waals surface area contributed by atoms with Crippen molar-refractivity contribution >= 4 is 44.0 Å². The molecule has 0 aliphatic heterocycles. The molecular formula is C21H13ClN2O5S. The summed E-state index contributed by atoms with van der Waals surface area (Å²) in [5.74, 6) is -0.534. The largest absolute Gasteiger partial charge is 0.288 e. The smallest absolute Gasteiger partial charge is 0.270 e. The van der Waals surface area contributed by atoms with Crippen LogP contribution in [0.25, 0.3) is 10.9 Å². The molecule has 0 unspecified atom stereocenters. The third-order valence-corrected chi connectivity index (χ3v) is 6.63. The molecule has 4 rings (SSSR count). The molecule has 9 heteroatoms. The van der Waals surface area contributed by atoms with Gasteiger partial charge in [0, 0.05) is 34.8 Å². The van der Waals surface area contributed by atoms with Crippen LogP contribution in [-0.2, 0) is 10.0 Å². The summed E-state index contributed by atoms with van der Waals surface area (Å²) in [7, 11) is -3.95. The summed E-state index contributed by atoms with van der Waals surface area (Å²) in [4.78, 5) is 23.6. The number of nitro benzene ring substituents is 1. The van der Waals surface area contributed by atoms with Crippen molar-refractivity contribution in [2.75, 3.05) is 0 Å². The second-order valence-corrected chi connectivity index (χ2v) is 8.65. The first kappa shape index (κ1) is 19.8. The molecule has 4 aromatic rings. The number of hydrogen-bond acceptors (Lipinski definition) is 5. The van der Waals surface area contributed by atoms with Crippen molar-refractivity contribution in [1.82, 2.24) is 3.97 Å². The molecule has 150 valence electrons. The first-order valence-corrected chi connectivity index (χ1v) is 10.5. The predicted molar refractivity (Wildman–Crippen MR) is 113 cm³/mol. The Morgan fingerprint density at radius 1 is 0.933 bits per heavy atom. The molecule has 0 aliphatic carbocycles. The lowest BCUT2D eigenvalue weighted by molar-refractivity contribution is -0.384. The standard InChI is InChI=1S/C21H13ClN2O5S/c22-19-12-14(24(26)27)10-11-17(19)21(25)18-13-23(20-9-5-4-8-16(18)20)30(28,29)15-6-2-1-3-7-15/h1-13H. The first-order valence-electron chi connectivity index (χ1n) is 8.70. The summed E-state index contributed by atoms with van der Waals surface area (Å²) in [6, 6.07) is 18.0. The number of nitrogens with zero attached hydrogens (tertiary/aromatic N) is 2. The third-order valence-electron chi connectivity index (χ3n) is 4.63. The zero-order chi connectivity index (χ0) is 21.5. The third kappa shape index (κ3) is 3.26. The molecule has 3 aromatic carbocycles. The number of nitro groups is 1. The Labute approximate surface area is 176 Å². The summed E-state index contributed by atoms with van der Waals surface area (Å²) in [5, 5.41) is 11.3.